The molecule has 0 fully saturated rings. The molecule has 0 aliphatic rings. The van der Waals surface area contributed by atoms with Crippen LogP contribution < -0.4 is 5.73 Å². The van der Waals surface area contributed by atoms with Crippen molar-refractivity contribution >= 4 is 0 Å². The molecule has 0 aliphatic heterocycles. The van der Waals surface area contributed by atoms with E-state index in [-0.39, 0.29) is 11.9 Å². The van der Waals surface area contributed by atoms with Crippen LogP contribution in [0.15, 0.2) is 36.4 Å². The van der Waals surface area contributed by atoms with Crippen LogP contribution in [0.1, 0.15) is 33.9 Å². The van der Waals surface area contributed by atoms with Crippen LogP contribution in [0, 0.1) is 26.6 Å². The number of benzene rings is 2. The zero-order valence-corrected chi connectivity index (χ0v) is 11.7. The first-order chi connectivity index (χ1) is 8.97. The first-order valence-electron chi connectivity index (χ1n) is 6.55. The van der Waals surface area contributed by atoms with Gasteiger partial charge in [-0.1, -0.05) is 24.3 Å². The van der Waals surface area contributed by atoms with Gasteiger partial charge in [-0.3, -0.25) is 0 Å². The van der Waals surface area contributed by atoms with Gasteiger partial charge in [0.15, 0.2) is 0 Å². The zero-order chi connectivity index (χ0) is 14.0. The van der Waals surface area contributed by atoms with Crippen molar-refractivity contribution in [1.82, 2.24) is 0 Å². The summed E-state index contributed by atoms with van der Waals surface area (Å²) in [6.07, 6.45) is 0.738. The summed E-state index contributed by atoms with van der Waals surface area (Å²) in [5.41, 5.74) is 11.7. The van der Waals surface area contributed by atoms with E-state index < -0.39 is 0 Å². The van der Waals surface area contributed by atoms with Gasteiger partial charge in [0.1, 0.15) is 5.82 Å². The highest BCUT2D eigenvalue weighted by Crippen LogP contribution is 2.22. The fourth-order valence-corrected chi connectivity index (χ4v) is 2.49. The van der Waals surface area contributed by atoms with Crippen molar-refractivity contribution in [3.8, 4) is 0 Å². The van der Waals surface area contributed by atoms with Crippen molar-refractivity contribution in [2.45, 2.75) is 33.2 Å². The SMILES string of the molecule is Cc1cc(F)cc(C(N)Cc2c(C)cccc2C)c1. The molecular weight excluding hydrogens is 237 g/mol. The second kappa shape index (κ2) is 5.54. The fraction of sp³-hybridized carbons (Fsp3) is 0.294. The molecule has 1 nitrogen and oxygen atoms in total. The monoisotopic (exact) mass is 257 g/mol. The number of nitrogens with two attached hydrogens (primary N) is 1. The third-order valence-electron chi connectivity index (χ3n) is 3.56. The summed E-state index contributed by atoms with van der Waals surface area (Å²) >= 11 is 0. The molecular formula is C17H20FN. The Morgan fingerprint density at radius 1 is 1.05 bits per heavy atom. The smallest absolute Gasteiger partial charge is 0.123 e. The van der Waals surface area contributed by atoms with Crippen LogP contribution in [0.2, 0.25) is 0 Å². The summed E-state index contributed by atoms with van der Waals surface area (Å²) in [6.45, 7) is 6.07. The molecule has 0 aromatic heterocycles. The van der Waals surface area contributed by atoms with Gasteiger partial charge in [-0.25, -0.2) is 4.39 Å². The van der Waals surface area contributed by atoms with Crippen molar-refractivity contribution in [3.63, 3.8) is 0 Å². The number of rotatable bonds is 3. The molecule has 0 saturated carbocycles. The molecule has 2 heteroatoms. The predicted octanol–water partition coefficient (Wildman–Crippen LogP) is 3.99. The normalized spacial score (nSPS) is 12.5. The fourth-order valence-electron chi connectivity index (χ4n) is 2.49. The molecule has 2 N–H and O–H groups in total. The molecule has 2 rings (SSSR count). The molecule has 0 radical (unpaired) electrons. The van der Waals surface area contributed by atoms with Crippen molar-refractivity contribution in [2.75, 3.05) is 0 Å². The van der Waals surface area contributed by atoms with Gasteiger partial charge in [0.25, 0.3) is 0 Å². The molecule has 19 heavy (non-hydrogen) atoms. The maximum Gasteiger partial charge on any atom is 0.123 e. The Hall–Kier alpha value is -1.67. The Balaban J connectivity index is 2.28. The maximum atomic E-state index is 13.4. The van der Waals surface area contributed by atoms with E-state index in [1.54, 1.807) is 0 Å². The molecule has 0 aliphatic carbocycles. The zero-order valence-electron chi connectivity index (χ0n) is 11.7. The van der Waals surface area contributed by atoms with Gasteiger partial charge in [0.2, 0.25) is 0 Å². The Bertz CT molecular complexity index is 549. The summed E-state index contributed by atoms with van der Waals surface area (Å²) in [4.78, 5) is 0. The Morgan fingerprint density at radius 3 is 2.26 bits per heavy atom. The summed E-state index contributed by atoms with van der Waals surface area (Å²) in [7, 11) is 0. The molecule has 2 aromatic rings. The van der Waals surface area contributed by atoms with E-state index in [1.807, 2.05) is 19.1 Å². The van der Waals surface area contributed by atoms with E-state index in [0.29, 0.717) is 0 Å². The van der Waals surface area contributed by atoms with Crippen LogP contribution in [0.3, 0.4) is 0 Å². The molecule has 0 amide bonds. The number of hydrogen-bond acceptors (Lipinski definition) is 1. The lowest BCUT2D eigenvalue weighted by molar-refractivity contribution is 0.617. The molecule has 0 saturated heterocycles. The molecule has 1 atom stereocenters. The predicted molar refractivity (Wildman–Crippen MR) is 77.7 cm³/mol. The van der Waals surface area contributed by atoms with Gasteiger partial charge in [-0.05, 0) is 67.1 Å². The van der Waals surface area contributed by atoms with E-state index in [1.165, 1.54) is 28.8 Å². The third-order valence-corrected chi connectivity index (χ3v) is 3.56. The van der Waals surface area contributed by atoms with E-state index >= 15 is 0 Å². The van der Waals surface area contributed by atoms with Gasteiger partial charge in [-0.15, -0.1) is 0 Å². The highest BCUT2D eigenvalue weighted by molar-refractivity contribution is 5.36. The Labute approximate surface area is 114 Å². The molecule has 1 unspecified atom stereocenters. The van der Waals surface area contributed by atoms with Gasteiger partial charge in [0, 0.05) is 6.04 Å². The average molecular weight is 257 g/mol. The van der Waals surface area contributed by atoms with Crippen molar-refractivity contribution in [3.05, 3.63) is 70.0 Å². The first-order valence-corrected chi connectivity index (χ1v) is 6.55. The standard InChI is InChI=1S/C17H20FN/c1-11-7-14(9-15(18)8-11)17(19)10-16-12(2)5-4-6-13(16)3/h4-9,17H,10,19H2,1-3H3. The minimum absolute atomic E-state index is 0.172. The minimum Gasteiger partial charge on any atom is -0.324 e. The molecule has 0 heterocycles. The Morgan fingerprint density at radius 2 is 1.68 bits per heavy atom. The summed E-state index contributed by atoms with van der Waals surface area (Å²) in [5, 5.41) is 0. The molecule has 0 bridgehead atoms. The number of hydrogen-bond donors (Lipinski definition) is 1. The topological polar surface area (TPSA) is 26.0 Å². The minimum atomic E-state index is -0.216. The van der Waals surface area contributed by atoms with E-state index in [0.717, 1.165) is 17.5 Å². The van der Waals surface area contributed by atoms with Gasteiger partial charge in [0.05, 0.1) is 0 Å². The van der Waals surface area contributed by atoms with Crippen LogP contribution in [0.5, 0.6) is 0 Å². The molecule has 100 valence electrons. The average Bonchev–Trinajstić information content (AvgIpc) is 2.32. The lowest BCUT2D eigenvalue weighted by Gasteiger charge is -2.16. The van der Waals surface area contributed by atoms with Crippen LogP contribution in [0.4, 0.5) is 4.39 Å². The lowest BCUT2D eigenvalue weighted by Crippen LogP contribution is -2.15. The molecule has 2 aromatic carbocycles. The van der Waals surface area contributed by atoms with Crippen molar-refractivity contribution in [2.24, 2.45) is 5.73 Å². The summed E-state index contributed by atoms with van der Waals surface area (Å²) in [5.74, 6) is -0.216. The summed E-state index contributed by atoms with van der Waals surface area (Å²) in [6, 6.07) is 11.1. The number of halogens is 1. The Kier molecular flexibility index (Phi) is 4.01. The van der Waals surface area contributed by atoms with Gasteiger partial charge in [-0.2, -0.15) is 0 Å². The lowest BCUT2D eigenvalue weighted by atomic mass is 9.93. The van der Waals surface area contributed by atoms with Crippen molar-refractivity contribution in [1.29, 1.82) is 0 Å². The third kappa shape index (κ3) is 3.21. The van der Waals surface area contributed by atoms with Gasteiger partial charge < -0.3 is 5.73 Å². The largest absolute Gasteiger partial charge is 0.324 e. The van der Waals surface area contributed by atoms with Crippen LogP contribution in [0.25, 0.3) is 0 Å². The van der Waals surface area contributed by atoms with E-state index in [9.17, 15) is 4.39 Å². The van der Waals surface area contributed by atoms with E-state index in [2.05, 4.69) is 26.0 Å². The second-order valence-electron chi connectivity index (χ2n) is 5.24. The van der Waals surface area contributed by atoms with Gasteiger partial charge >= 0.3 is 0 Å². The second-order valence-corrected chi connectivity index (χ2v) is 5.24. The van der Waals surface area contributed by atoms with E-state index in [4.69, 9.17) is 5.73 Å². The first kappa shape index (κ1) is 13.8. The number of aryl methyl sites for hydroxylation is 3. The highest BCUT2D eigenvalue weighted by Gasteiger charge is 2.12. The maximum absolute atomic E-state index is 13.4. The van der Waals surface area contributed by atoms with Crippen LogP contribution >= 0.6 is 0 Å². The van der Waals surface area contributed by atoms with Crippen LogP contribution in [-0.4, -0.2) is 0 Å². The quantitative estimate of drug-likeness (QED) is 0.884. The highest BCUT2D eigenvalue weighted by atomic mass is 19.1. The van der Waals surface area contributed by atoms with Crippen LogP contribution in [-0.2, 0) is 6.42 Å². The van der Waals surface area contributed by atoms with Crippen molar-refractivity contribution < 1.29 is 4.39 Å². The molecule has 0 spiro atoms. The summed E-state index contributed by atoms with van der Waals surface area (Å²) < 4.78 is 13.4.